The SMILES string of the molecule is N=C(NC(=N)N1CCC(F)C1)Nc1ccc(OC(F)(F)F)cc1. The van der Waals surface area contributed by atoms with E-state index in [1.165, 1.54) is 17.0 Å². The van der Waals surface area contributed by atoms with Gasteiger partial charge in [-0.2, -0.15) is 0 Å². The molecule has 126 valence electrons. The minimum atomic E-state index is -4.76. The molecule has 6 nitrogen and oxygen atoms in total. The number of hydrogen-bond donors (Lipinski definition) is 4. The molecular weight excluding hydrogens is 318 g/mol. The summed E-state index contributed by atoms with van der Waals surface area (Å²) in [5.41, 5.74) is 0.342. The number of guanidine groups is 2. The molecule has 1 heterocycles. The summed E-state index contributed by atoms with van der Waals surface area (Å²) in [6.07, 6.45) is -5.41. The first kappa shape index (κ1) is 16.8. The van der Waals surface area contributed by atoms with Gasteiger partial charge in [0.25, 0.3) is 0 Å². The van der Waals surface area contributed by atoms with Crippen LogP contribution in [0.1, 0.15) is 6.42 Å². The lowest BCUT2D eigenvalue weighted by Crippen LogP contribution is -2.44. The number of alkyl halides is 4. The number of anilines is 1. The molecule has 1 aromatic carbocycles. The third-order valence-corrected chi connectivity index (χ3v) is 3.05. The summed E-state index contributed by atoms with van der Waals surface area (Å²) in [5.74, 6) is -0.734. The predicted molar refractivity (Wildman–Crippen MR) is 76.4 cm³/mol. The summed E-state index contributed by atoms with van der Waals surface area (Å²) >= 11 is 0. The van der Waals surface area contributed by atoms with Crippen LogP contribution in [0.3, 0.4) is 0 Å². The Bertz CT molecular complexity index is 575. The van der Waals surface area contributed by atoms with Crippen LogP contribution < -0.4 is 15.4 Å². The molecule has 1 aliphatic rings. The summed E-state index contributed by atoms with van der Waals surface area (Å²) in [5, 5.41) is 20.4. The fraction of sp³-hybridized carbons (Fsp3) is 0.385. The molecular formula is C13H15F4N5O. The minimum Gasteiger partial charge on any atom is -0.406 e. The van der Waals surface area contributed by atoms with Crippen molar-refractivity contribution in [2.24, 2.45) is 0 Å². The molecule has 1 aliphatic heterocycles. The number of benzene rings is 1. The first-order valence-corrected chi connectivity index (χ1v) is 6.69. The van der Waals surface area contributed by atoms with Gasteiger partial charge in [0, 0.05) is 12.2 Å². The molecule has 1 saturated heterocycles. The summed E-state index contributed by atoms with van der Waals surface area (Å²) in [6, 6.07) is 4.80. The van der Waals surface area contributed by atoms with Crippen molar-refractivity contribution in [1.82, 2.24) is 10.2 Å². The number of nitrogens with zero attached hydrogens (tertiary/aromatic N) is 1. The highest BCUT2D eigenvalue weighted by molar-refractivity contribution is 6.02. The minimum absolute atomic E-state index is 0.0998. The van der Waals surface area contributed by atoms with Crippen LogP contribution in [0.2, 0.25) is 0 Å². The number of likely N-dealkylation sites (tertiary alicyclic amines) is 1. The zero-order valence-corrected chi connectivity index (χ0v) is 11.9. The van der Waals surface area contributed by atoms with Gasteiger partial charge < -0.3 is 15.0 Å². The normalized spacial score (nSPS) is 17.7. The molecule has 23 heavy (non-hydrogen) atoms. The maximum Gasteiger partial charge on any atom is 0.573 e. The number of halogens is 4. The Labute approximate surface area is 129 Å². The van der Waals surface area contributed by atoms with E-state index in [-0.39, 0.29) is 24.2 Å². The molecule has 1 fully saturated rings. The van der Waals surface area contributed by atoms with Gasteiger partial charge in [0.1, 0.15) is 11.9 Å². The second-order valence-corrected chi connectivity index (χ2v) is 4.88. The number of ether oxygens (including phenoxy) is 1. The molecule has 1 atom stereocenters. The highest BCUT2D eigenvalue weighted by Crippen LogP contribution is 2.23. The van der Waals surface area contributed by atoms with Crippen LogP contribution in [0, 0.1) is 10.8 Å². The maximum absolute atomic E-state index is 13.0. The molecule has 0 saturated carbocycles. The topological polar surface area (TPSA) is 84.2 Å². The standard InChI is InChI=1S/C13H15F4N5O/c14-8-5-6-22(7-8)12(19)21-11(18)20-9-1-3-10(4-2-9)23-13(15,16)17/h1-4,8H,5-7H2,(H4,18,19,20,21). The van der Waals surface area contributed by atoms with Gasteiger partial charge in [0.05, 0.1) is 6.54 Å². The molecule has 0 amide bonds. The van der Waals surface area contributed by atoms with E-state index in [0.717, 1.165) is 12.1 Å². The van der Waals surface area contributed by atoms with Crippen molar-refractivity contribution in [1.29, 1.82) is 10.8 Å². The van der Waals surface area contributed by atoms with E-state index in [2.05, 4.69) is 15.4 Å². The summed E-state index contributed by atoms with van der Waals surface area (Å²) in [7, 11) is 0. The van der Waals surface area contributed by atoms with Crippen LogP contribution in [0.25, 0.3) is 0 Å². The van der Waals surface area contributed by atoms with Crippen LogP contribution in [-0.4, -0.2) is 42.4 Å². The van der Waals surface area contributed by atoms with E-state index in [1.54, 1.807) is 0 Å². The van der Waals surface area contributed by atoms with E-state index in [9.17, 15) is 17.6 Å². The van der Waals surface area contributed by atoms with Crippen molar-refractivity contribution < 1.29 is 22.3 Å². The smallest absolute Gasteiger partial charge is 0.406 e. The quantitative estimate of drug-likeness (QED) is 0.381. The first-order valence-electron chi connectivity index (χ1n) is 6.69. The Hall–Kier alpha value is -2.52. The Kier molecular flexibility index (Phi) is 4.92. The van der Waals surface area contributed by atoms with Crippen molar-refractivity contribution in [2.45, 2.75) is 19.0 Å². The van der Waals surface area contributed by atoms with E-state index >= 15 is 0 Å². The first-order chi connectivity index (χ1) is 10.7. The van der Waals surface area contributed by atoms with Gasteiger partial charge in [-0.3, -0.25) is 16.1 Å². The molecule has 10 heteroatoms. The average Bonchev–Trinajstić information content (AvgIpc) is 2.86. The highest BCUT2D eigenvalue weighted by atomic mass is 19.4. The van der Waals surface area contributed by atoms with Gasteiger partial charge in [0.2, 0.25) is 0 Å². The lowest BCUT2D eigenvalue weighted by atomic mass is 10.3. The molecule has 0 aromatic heterocycles. The van der Waals surface area contributed by atoms with Crippen LogP contribution in [0.5, 0.6) is 5.75 Å². The zero-order chi connectivity index (χ0) is 17.0. The fourth-order valence-corrected chi connectivity index (χ4v) is 2.03. The van der Waals surface area contributed by atoms with Gasteiger partial charge in [0.15, 0.2) is 11.9 Å². The van der Waals surface area contributed by atoms with Crippen molar-refractivity contribution in [3.63, 3.8) is 0 Å². The van der Waals surface area contributed by atoms with Gasteiger partial charge in [-0.15, -0.1) is 13.2 Å². The lowest BCUT2D eigenvalue weighted by Gasteiger charge is -2.20. The van der Waals surface area contributed by atoms with Crippen molar-refractivity contribution >= 4 is 17.6 Å². The van der Waals surface area contributed by atoms with Crippen LogP contribution in [0.15, 0.2) is 24.3 Å². The molecule has 0 bridgehead atoms. The maximum atomic E-state index is 13.0. The van der Waals surface area contributed by atoms with Crippen LogP contribution in [0.4, 0.5) is 23.2 Å². The summed E-state index contributed by atoms with van der Waals surface area (Å²) in [6.45, 7) is 0.492. The second kappa shape index (κ2) is 6.71. The molecule has 4 N–H and O–H groups in total. The molecule has 0 radical (unpaired) electrons. The third kappa shape index (κ3) is 5.31. The highest BCUT2D eigenvalue weighted by Gasteiger charge is 2.31. The lowest BCUT2D eigenvalue weighted by molar-refractivity contribution is -0.274. The molecule has 1 aromatic rings. The second-order valence-electron chi connectivity index (χ2n) is 4.88. The van der Waals surface area contributed by atoms with Gasteiger partial charge >= 0.3 is 6.36 Å². The van der Waals surface area contributed by atoms with Crippen LogP contribution in [-0.2, 0) is 0 Å². The number of nitrogens with one attached hydrogen (secondary N) is 4. The van der Waals surface area contributed by atoms with Crippen molar-refractivity contribution in [3.8, 4) is 5.75 Å². The van der Waals surface area contributed by atoms with E-state index in [0.29, 0.717) is 18.7 Å². The Morgan fingerprint density at radius 3 is 2.39 bits per heavy atom. The van der Waals surface area contributed by atoms with Gasteiger partial charge in [-0.05, 0) is 30.7 Å². The van der Waals surface area contributed by atoms with Gasteiger partial charge in [-0.25, -0.2) is 4.39 Å². The molecule has 0 spiro atoms. The fourth-order valence-electron chi connectivity index (χ4n) is 2.03. The van der Waals surface area contributed by atoms with Crippen LogP contribution >= 0.6 is 0 Å². The van der Waals surface area contributed by atoms with E-state index in [4.69, 9.17) is 10.8 Å². The molecule has 2 rings (SSSR count). The number of rotatable bonds is 2. The van der Waals surface area contributed by atoms with E-state index < -0.39 is 12.5 Å². The van der Waals surface area contributed by atoms with Gasteiger partial charge in [-0.1, -0.05) is 0 Å². The number of hydrogen-bond acceptors (Lipinski definition) is 3. The largest absolute Gasteiger partial charge is 0.573 e. The summed E-state index contributed by atoms with van der Waals surface area (Å²) < 4.78 is 52.9. The predicted octanol–water partition coefficient (Wildman–Crippen LogP) is 2.50. The van der Waals surface area contributed by atoms with E-state index in [1.807, 2.05) is 0 Å². The monoisotopic (exact) mass is 333 g/mol. The third-order valence-electron chi connectivity index (χ3n) is 3.05. The Balaban J connectivity index is 1.84. The molecule has 1 unspecified atom stereocenters. The zero-order valence-electron chi connectivity index (χ0n) is 11.9. The average molecular weight is 333 g/mol. The Morgan fingerprint density at radius 1 is 1.22 bits per heavy atom. The van der Waals surface area contributed by atoms with Crippen molar-refractivity contribution in [3.05, 3.63) is 24.3 Å². The Morgan fingerprint density at radius 2 is 1.87 bits per heavy atom. The summed E-state index contributed by atoms with van der Waals surface area (Å²) in [4.78, 5) is 1.46. The molecule has 0 aliphatic carbocycles. The van der Waals surface area contributed by atoms with Crippen molar-refractivity contribution in [2.75, 3.05) is 18.4 Å².